The number of amides is 2. The Bertz CT molecular complexity index is 618. The van der Waals surface area contributed by atoms with Crippen molar-refractivity contribution in [3.8, 4) is 0 Å². The van der Waals surface area contributed by atoms with Crippen LogP contribution in [0.15, 0.2) is 30.3 Å². The normalized spacial score (nSPS) is 29.8. The molecular formula is C19H24N2O3. The fourth-order valence-corrected chi connectivity index (χ4v) is 4.33. The van der Waals surface area contributed by atoms with Gasteiger partial charge in [-0.05, 0) is 24.8 Å². The largest absolute Gasteiger partial charge is 0.374 e. The van der Waals surface area contributed by atoms with Crippen molar-refractivity contribution in [1.29, 1.82) is 0 Å². The summed E-state index contributed by atoms with van der Waals surface area (Å²) in [4.78, 5) is 29.1. The molecule has 3 fully saturated rings. The molecule has 2 saturated heterocycles. The highest BCUT2D eigenvalue weighted by atomic mass is 16.5. The van der Waals surface area contributed by atoms with Crippen LogP contribution in [0.3, 0.4) is 0 Å². The molecule has 0 unspecified atom stereocenters. The summed E-state index contributed by atoms with van der Waals surface area (Å²) >= 11 is 0. The summed E-state index contributed by atoms with van der Waals surface area (Å²) in [5.41, 5.74) is 1.11. The molecule has 128 valence electrons. The van der Waals surface area contributed by atoms with Crippen LogP contribution in [0.1, 0.15) is 31.2 Å². The SMILES string of the molecule is O=C1C[C@H](C(=O)N2CCO[C@@H]3CCC[C@H]32)CN1Cc1ccccc1. The first kappa shape index (κ1) is 15.6. The predicted octanol–water partition coefficient (Wildman–Crippen LogP) is 1.81. The second kappa shape index (κ2) is 6.55. The Balaban J connectivity index is 1.41. The molecule has 5 heteroatoms. The van der Waals surface area contributed by atoms with Crippen LogP contribution in [0.5, 0.6) is 0 Å². The van der Waals surface area contributed by atoms with Gasteiger partial charge in [0, 0.05) is 26.1 Å². The number of nitrogens with zero attached hydrogens (tertiary/aromatic N) is 2. The van der Waals surface area contributed by atoms with Crippen LogP contribution in [0.4, 0.5) is 0 Å². The summed E-state index contributed by atoms with van der Waals surface area (Å²) in [5.74, 6) is 0.0492. The van der Waals surface area contributed by atoms with E-state index >= 15 is 0 Å². The Hall–Kier alpha value is -1.88. The quantitative estimate of drug-likeness (QED) is 0.850. The van der Waals surface area contributed by atoms with E-state index in [9.17, 15) is 9.59 Å². The van der Waals surface area contributed by atoms with E-state index in [1.54, 1.807) is 0 Å². The molecule has 2 aliphatic heterocycles. The minimum atomic E-state index is -0.194. The fourth-order valence-electron chi connectivity index (χ4n) is 4.33. The summed E-state index contributed by atoms with van der Waals surface area (Å²) < 4.78 is 5.79. The van der Waals surface area contributed by atoms with Gasteiger partial charge in [0.05, 0.1) is 24.7 Å². The van der Waals surface area contributed by atoms with Crippen molar-refractivity contribution in [2.24, 2.45) is 5.92 Å². The van der Waals surface area contributed by atoms with Crippen LogP contribution < -0.4 is 0 Å². The van der Waals surface area contributed by atoms with Crippen molar-refractivity contribution in [1.82, 2.24) is 9.80 Å². The van der Waals surface area contributed by atoms with Gasteiger partial charge in [-0.15, -0.1) is 0 Å². The molecule has 5 nitrogen and oxygen atoms in total. The molecule has 0 aromatic heterocycles. The van der Waals surface area contributed by atoms with Crippen LogP contribution in [0.25, 0.3) is 0 Å². The highest BCUT2D eigenvalue weighted by Gasteiger charge is 2.43. The molecule has 2 amide bonds. The summed E-state index contributed by atoms with van der Waals surface area (Å²) in [6.07, 6.45) is 3.77. The van der Waals surface area contributed by atoms with Gasteiger partial charge in [0.1, 0.15) is 0 Å². The Morgan fingerprint density at radius 2 is 2.04 bits per heavy atom. The second-order valence-electron chi connectivity index (χ2n) is 7.10. The Labute approximate surface area is 142 Å². The molecular weight excluding hydrogens is 304 g/mol. The molecule has 1 aliphatic carbocycles. The third kappa shape index (κ3) is 2.93. The van der Waals surface area contributed by atoms with Crippen molar-refractivity contribution in [3.63, 3.8) is 0 Å². The molecule has 0 radical (unpaired) electrons. The van der Waals surface area contributed by atoms with E-state index in [0.717, 1.165) is 24.8 Å². The zero-order valence-corrected chi connectivity index (χ0v) is 13.9. The minimum Gasteiger partial charge on any atom is -0.374 e. The van der Waals surface area contributed by atoms with Gasteiger partial charge in [0.2, 0.25) is 11.8 Å². The van der Waals surface area contributed by atoms with E-state index in [2.05, 4.69) is 0 Å². The average Bonchev–Trinajstić information content (AvgIpc) is 3.22. The van der Waals surface area contributed by atoms with Gasteiger partial charge in [-0.1, -0.05) is 30.3 Å². The number of rotatable bonds is 3. The lowest BCUT2D eigenvalue weighted by molar-refractivity contribution is -0.148. The number of benzene rings is 1. The summed E-state index contributed by atoms with van der Waals surface area (Å²) in [6.45, 7) is 2.44. The molecule has 3 atom stereocenters. The molecule has 2 heterocycles. The van der Waals surface area contributed by atoms with Gasteiger partial charge >= 0.3 is 0 Å². The van der Waals surface area contributed by atoms with Gasteiger partial charge in [0.15, 0.2) is 0 Å². The molecule has 1 aromatic rings. The fraction of sp³-hybridized carbons (Fsp3) is 0.579. The summed E-state index contributed by atoms with van der Waals surface area (Å²) in [5, 5.41) is 0. The van der Waals surface area contributed by atoms with E-state index in [1.165, 1.54) is 0 Å². The van der Waals surface area contributed by atoms with Crippen molar-refractivity contribution in [2.75, 3.05) is 19.7 Å². The molecule has 0 bridgehead atoms. The third-order valence-electron chi connectivity index (χ3n) is 5.55. The lowest BCUT2D eigenvalue weighted by Crippen LogP contribution is -2.53. The highest BCUT2D eigenvalue weighted by Crippen LogP contribution is 2.32. The summed E-state index contributed by atoms with van der Waals surface area (Å²) in [7, 11) is 0. The molecule has 0 N–H and O–H groups in total. The van der Waals surface area contributed by atoms with Crippen LogP contribution >= 0.6 is 0 Å². The first-order valence-corrected chi connectivity index (χ1v) is 8.96. The third-order valence-corrected chi connectivity index (χ3v) is 5.55. The Kier molecular flexibility index (Phi) is 4.27. The zero-order valence-electron chi connectivity index (χ0n) is 13.9. The molecule has 24 heavy (non-hydrogen) atoms. The van der Waals surface area contributed by atoms with Gasteiger partial charge < -0.3 is 14.5 Å². The van der Waals surface area contributed by atoms with E-state index < -0.39 is 0 Å². The molecule has 1 aromatic carbocycles. The van der Waals surface area contributed by atoms with Crippen LogP contribution in [0, 0.1) is 5.92 Å². The van der Waals surface area contributed by atoms with Gasteiger partial charge in [-0.2, -0.15) is 0 Å². The Morgan fingerprint density at radius 1 is 1.21 bits per heavy atom. The first-order chi connectivity index (χ1) is 11.7. The van der Waals surface area contributed by atoms with Gasteiger partial charge in [-0.3, -0.25) is 9.59 Å². The minimum absolute atomic E-state index is 0.0911. The van der Waals surface area contributed by atoms with Gasteiger partial charge in [0.25, 0.3) is 0 Å². The van der Waals surface area contributed by atoms with Gasteiger partial charge in [-0.25, -0.2) is 0 Å². The topological polar surface area (TPSA) is 49.9 Å². The zero-order chi connectivity index (χ0) is 16.5. The van der Waals surface area contributed by atoms with Crippen LogP contribution in [0.2, 0.25) is 0 Å². The smallest absolute Gasteiger partial charge is 0.228 e. The second-order valence-corrected chi connectivity index (χ2v) is 7.10. The maximum absolute atomic E-state index is 13.0. The number of carbonyl (C=O) groups is 2. The summed E-state index contributed by atoms with van der Waals surface area (Å²) in [6, 6.07) is 10.2. The number of ether oxygens (including phenoxy) is 1. The predicted molar refractivity (Wildman–Crippen MR) is 89.1 cm³/mol. The van der Waals surface area contributed by atoms with Crippen molar-refractivity contribution in [3.05, 3.63) is 35.9 Å². The monoisotopic (exact) mass is 328 g/mol. The van der Waals surface area contributed by atoms with Crippen molar-refractivity contribution in [2.45, 2.75) is 44.4 Å². The standard InChI is InChI=1S/C19H24N2O3/c22-18-11-15(13-20(18)12-14-5-2-1-3-6-14)19(23)21-9-10-24-17-8-4-7-16(17)21/h1-3,5-6,15-17H,4,7-13H2/t15-,16+,17+/m0/s1. The Morgan fingerprint density at radius 3 is 2.88 bits per heavy atom. The maximum Gasteiger partial charge on any atom is 0.228 e. The van der Waals surface area contributed by atoms with E-state index in [0.29, 0.717) is 32.7 Å². The van der Waals surface area contributed by atoms with E-state index in [-0.39, 0.29) is 29.9 Å². The number of fused-ring (bicyclic) bond motifs is 1. The van der Waals surface area contributed by atoms with Crippen molar-refractivity contribution < 1.29 is 14.3 Å². The first-order valence-electron chi connectivity index (χ1n) is 8.96. The number of hydrogen-bond donors (Lipinski definition) is 0. The van der Waals surface area contributed by atoms with E-state index in [1.807, 2.05) is 40.1 Å². The van der Waals surface area contributed by atoms with Crippen LogP contribution in [-0.4, -0.2) is 53.5 Å². The lowest BCUT2D eigenvalue weighted by Gasteiger charge is -2.38. The lowest BCUT2D eigenvalue weighted by atomic mass is 10.0. The number of morpholine rings is 1. The van der Waals surface area contributed by atoms with Crippen LogP contribution in [-0.2, 0) is 20.9 Å². The maximum atomic E-state index is 13.0. The van der Waals surface area contributed by atoms with E-state index in [4.69, 9.17) is 4.74 Å². The molecule has 0 spiro atoms. The van der Waals surface area contributed by atoms with Crippen molar-refractivity contribution >= 4 is 11.8 Å². The molecule has 3 aliphatic rings. The highest BCUT2D eigenvalue weighted by molar-refractivity contribution is 5.89. The number of carbonyl (C=O) groups excluding carboxylic acids is 2. The number of hydrogen-bond acceptors (Lipinski definition) is 3. The number of likely N-dealkylation sites (tertiary alicyclic amines) is 1. The molecule has 1 saturated carbocycles. The average molecular weight is 328 g/mol. The molecule has 4 rings (SSSR count).